The summed E-state index contributed by atoms with van der Waals surface area (Å²) in [6, 6.07) is 11.0. The van der Waals surface area contributed by atoms with Gasteiger partial charge in [-0.1, -0.05) is 24.3 Å². The van der Waals surface area contributed by atoms with Crippen LogP contribution in [0.1, 0.15) is 11.1 Å². The summed E-state index contributed by atoms with van der Waals surface area (Å²) in [7, 11) is 0. The zero-order valence-corrected chi connectivity index (χ0v) is 8.22. The third-order valence-electron chi connectivity index (χ3n) is 2.30. The van der Waals surface area contributed by atoms with E-state index in [0.717, 1.165) is 11.1 Å². The van der Waals surface area contributed by atoms with Gasteiger partial charge < -0.3 is 10.8 Å². The number of hydrogen-bond acceptors (Lipinski definition) is 3. The molecule has 3 N–H and O–H groups in total. The monoisotopic (exact) mass is 200 g/mol. The van der Waals surface area contributed by atoms with Gasteiger partial charge in [0, 0.05) is 12.6 Å². The van der Waals surface area contributed by atoms with E-state index < -0.39 is 0 Å². The standard InChI is InChI=1S/C12H12N2O/c13-12-10(5-3-7-14-12)8-9-4-1-2-6-11(9)15/h1-7,15H,8H2,(H2,13,14). The lowest BCUT2D eigenvalue weighted by Crippen LogP contribution is -1.98. The molecular weight excluding hydrogens is 188 g/mol. The van der Waals surface area contributed by atoms with E-state index in [4.69, 9.17) is 5.73 Å². The van der Waals surface area contributed by atoms with E-state index in [1.54, 1.807) is 18.3 Å². The van der Waals surface area contributed by atoms with Crippen molar-refractivity contribution in [3.05, 3.63) is 53.7 Å². The van der Waals surface area contributed by atoms with Crippen LogP contribution in [0.4, 0.5) is 5.82 Å². The normalized spacial score (nSPS) is 10.1. The van der Waals surface area contributed by atoms with Crippen molar-refractivity contribution in [2.75, 3.05) is 5.73 Å². The highest BCUT2D eigenvalue weighted by Gasteiger charge is 2.04. The summed E-state index contributed by atoms with van der Waals surface area (Å²) in [4.78, 5) is 4.00. The molecule has 0 saturated carbocycles. The molecule has 0 fully saturated rings. The molecular formula is C12H12N2O. The maximum absolute atomic E-state index is 9.60. The third kappa shape index (κ3) is 2.07. The van der Waals surface area contributed by atoms with Crippen LogP contribution in [0.3, 0.4) is 0 Å². The first-order chi connectivity index (χ1) is 7.27. The number of benzene rings is 1. The van der Waals surface area contributed by atoms with Gasteiger partial charge in [-0.05, 0) is 23.3 Å². The number of aromatic nitrogens is 1. The lowest BCUT2D eigenvalue weighted by molar-refractivity contribution is 0.469. The van der Waals surface area contributed by atoms with Crippen molar-refractivity contribution in [3.8, 4) is 5.75 Å². The van der Waals surface area contributed by atoms with Crippen LogP contribution in [0.15, 0.2) is 42.6 Å². The Labute approximate surface area is 88.2 Å². The molecule has 0 unspecified atom stereocenters. The molecule has 0 aliphatic rings. The summed E-state index contributed by atoms with van der Waals surface area (Å²) in [5, 5.41) is 9.60. The molecule has 3 heteroatoms. The first-order valence-corrected chi connectivity index (χ1v) is 4.73. The Hall–Kier alpha value is -2.03. The van der Waals surface area contributed by atoms with Crippen LogP contribution in [0.2, 0.25) is 0 Å². The van der Waals surface area contributed by atoms with Crippen LogP contribution < -0.4 is 5.73 Å². The number of para-hydroxylation sites is 1. The number of anilines is 1. The van der Waals surface area contributed by atoms with E-state index in [9.17, 15) is 5.11 Å². The molecule has 1 heterocycles. The van der Waals surface area contributed by atoms with Crippen LogP contribution in [0.25, 0.3) is 0 Å². The minimum Gasteiger partial charge on any atom is -0.508 e. The molecule has 0 radical (unpaired) electrons. The van der Waals surface area contributed by atoms with Gasteiger partial charge in [0.05, 0.1) is 0 Å². The average molecular weight is 200 g/mol. The Morgan fingerprint density at radius 1 is 1.07 bits per heavy atom. The van der Waals surface area contributed by atoms with Crippen molar-refractivity contribution in [2.45, 2.75) is 6.42 Å². The number of nitrogens with zero attached hydrogens (tertiary/aromatic N) is 1. The van der Waals surface area contributed by atoms with E-state index in [1.807, 2.05) is 24.3 Å². The fraction of sp³-hybridized carbons (Fsp3) is 0.0833. The maximum atomic E-state index is 9.60. The topological polar surface area (TPSA) is 59.1 Å². The predicted octanol–water partition coefficient (Wildman–Crippen LogP) is 1.96. The van der Waals surface area contributed by atoms with Gasteiger partial charge >= 0.3 is 0 Å². The lowest BCUT2D eigenvalue weighted by atomic mass is 10.1. The second kappa shape index (κ2) is 4.00. The van der Waals surface area contributed by atoms with Crippen molar-refractivity contribution in [1.82, 2.24) is 4.98 Å². The summed E-state index contributed by atoms with van der Waals surface area (Å²) in [6.07, 6.45) is 2.26. The van der Waals surface area contributed by atoms with Crippen LogP contribution >= 0.6 is 0 Å². The summed E-state index contributed by atoms with van der Waals surface area (Å²) >= 11 is 0. The summed E-state index contributed by atoms with van der Waals surface area (Å²) in [5.74, 6) is 0.807. The van der Waals surface area contributed by atoms with Crippen molar-refractivity contribution in [1.29, 1.82) is 0 Å². The number of phenolic OH excluding ortho intramolecular Hbond substituents is 1. The third-order valence-corrected chi connectivity index (χ3v) is 2.30. The van der Waals surface area contributed by atoms with Gasteiger partial charge in [0.25, 0.3) is 0 Å². The summed E-state index contributed by atoms with van der Waals surface area (Å²) < 4.78 is 0. The van der Waals surface area contributed by atoms with Gasteiger partial charge in [0.15, 0.2) is 0 Å². The molecule has 0 saturated heterocycles. The number of hydrogen-bond donors (Lipinski definition) is 2. The molecule has 1 aromatic heterocycles. The second-order valence-corrected chi connectivity index (χ2v) is 3.35. The maximum Gasteiger partial charge on any atom is 0.126 e. The molecule has 0 atom stereocenters. The minimum absolute atomic E-state index is 0.292. The Balaban J connectivity index is 2.30. The molecule has 0 aliphatic heterocycles. The Morgan fingerprint density at radius 2 is 1.80 bits per heavy atom. The van der Waals surface area contributed by atoms with Gasteiger partial charge in [-0.3, -0.25) is 0 Å². The van der Waals surface area contributed by atoms with Crippen molar-refractivity contribution < 1.29 is 5.11 Å². The van der Waals surface area contributed by atoms with Gasteiger partial charge in [-0.15, -0.1) is 0 Å². The quantitative estimate of drug-likeness (QED) is 0.779. The molecule has 76 valence electrons. The molecule has 2 rings (SSSR count). The predicted molar refractivity (Wildman–Crippen MR) is 59.6 cm³/mol. The molecule has 0 spiro atoms. The number of nitrogens with two attached hydrogens (primary N) is 1. The van der Waals surface area contributed by atoms with E-state index in [2.05, 4.69) is 4.98 Å². The van der Waals surface area contributed by atoms with Crippen LogP contribution in [-0.4, -0.2) is 10.1 Å². The van der Waals surface area contributed by atoms with Crippen LogP contribution in [-0.2, 0) is 6.42 Å². The van der Waals surface area contributed by atoms with E-state index >= 15 is 0 Å². The summed E-state index contributed by atoms with van der Waals surface area (Å²) in [5.41, 5.74) is 7.51. The molecule has 2 aromatic rings. The largest absolute Gasteiger partial charge is 0.508 e. The van der Waals surface area contributed by atoms with Crippen LogP contribution in [0, 0.1) is 0 Å². The zero-order valence-electron chi connectivity index (χ0n) is 8.22. The second-order valence-electron chi connectivity index (χ2n) is 3.35. The number of aromatic hydroxyl groups is 1. The fourth-order valence-corrected chi connectivity index (χ4v) is 1.47. The van der Waals surface area contributed by atoms with Crippen LogP contribution in [0.5, 0.6) is 5.75 Å². The van der Waals surface area contributed by atoms with Gasteiger partial charge in [0.2, 0.25) is 0 Å². The highest BCUT2D eigenvalue weighted by Crippen LogP contribution is 2.21. The Bertz CT molecular complexity index is 425. The van der Waals surface area contributed by atoms with Crippen molar-refractivity contribution in [2.24, 2.45) is 0 Å². The first kappa shape index (κ1) is 9.52. The van der Waals surface area contributed by atoms with Gasteiger partial charge in [-0.2, -0.15) is 0 Å². The van der Waals surface area contributed by atoms with E-state index in [-0.39, 0.29) is 0 Å². The first-order valence-electron chi connectivity index (χ1n) is 4.73. The summed E-state index contributed by atoms with van der Waals surface area (Å²) in [6.45, 7) is 0. The molecule has 1 aromatic carbocycles. The van der Waals surface area contributed by atoms with Gasteiger partial charge in [-0.25, -0.2) is 4.98 Å². The number of phenols is 1. The molecule has 15 heavy (non-hydrogen) atoms. The van der Waals surface area contributed by atoms with Gasteiger partial charge in [0.1, 0.15) is 11.6 Å². The Morgan fingerprint density at radius 3 is 2.53 bits per heavy atom. The van der Waals surface area contributed by atoms with Crippen molar-refractivity contribution >= 4 is 5.82 Å². The number of rotatable bonds is 2. The highest BCUT2D eigenvalue weighted by atomic mass is 16.3. The minimum atomic E-state index is 0.292. The molecule has 0 aliphatic carbocycles. The molecule has 0 amide bonds. The SMILES string of the molecule is Nc1ncccc1Cc1ccccc1O. The lowest BCUT2D eigenvalue weighted by Gasteiger charge is -2.05. The number of nitrogen functional groups attached to an aromatic ring is 1. The smallest absolute Gasteiger partial charge is 0.126 e. The van der Waals surface area contributed by atoms with Crippen molar-refractivity contribution in [3.63, 3.8) is 0 Å². The zero-order chi connectivity index (χ0) is 10.7. The molecule has 3 nitrogen and oxygen atoms in total. The average Bonchev–Trinajstić information content (AvgIpc) is 2.24. The molecule has 0 bridgehead atoms. The number of pyridine rings is 1. The fourth-order valence-electron chi connectivity index (χ4n) is 1.47. The Kier molecular flexibility index (Phi) is 2.54. The van der Waals surface area contributed by atoms with E-state index in [0.29, 0.717) is 18.0 Å². The van der Waals surface area contributed by atoms with E-state index in [1.165, 1.54) is 0 Å². The highest BCUT2D eigenvalue weighted by molar-refractivity contribution is 5.44.